The summed E-state index contributed by atoms with van der Waals surface area (Å²) >= 11 is 0. The second-order valence-electron chi connectivity index (χ2n) is 3.44. The first-order chi connectivity index (χ1) is 7.91. The van der Waals surface area contributed by atoms with E-state index in [1.165, 1.54) is 6.92 Å². The molecule has 3 nitrogen and oxygen atoms in total. The van der Waals surface area contributed by atoms with Crippen LogP contribution < -0.4 is 0 Å². The largest absolute Gasteiger partial charge is 0.442 e. The van der Waals surface area contributed by atoms with Crippen molar-refractivity contribution in [2.24, 2.45) is 5.92 Å². The zero-order valence-corrected chi connectivity index (χ0v) is 9.35. The first kappa shape index (κ1) is 20.0. The molecule has 0 bridgehead atoms. The Morgan fingerprint density at radius 3 is 1.68 bits per heavy atom. The third-order valence-corrected chi connectivity index (χ3v) is 2.01. The average Bonchev–Trinajstić information content (AvgIpc) is 2.19. The van der Waals surface area contributed by atoms with Gasteiger partial charge in [-0.2, -0.15) is 26.3 Å². The molecule has 0 fully saturated rings. The van der Waals surface area contributed by atoms with Crippen LogP contribution in [-0.4, -0.2) is 30.2 Å². The summed E-state index contributed by atoms with van der Waals surface area (Å²) in [6, 6.07) is 0. The van der Waals surface area contributed by atoms with E-state index in [-0.39, 0.29) is 13.8 Å². The zero-order chi connectivity index (χ0) is 14.7. The molecule has 0 aromatic rings. The van der Waals surface area contributed by atoms with Gasteiger partial charge in [0.05, 0.1) is 0 Å². The van der Waals surface area contributed by atoms with Crippen LogP contribution in [0.2, 0.25) is 0 Å². The highest BCUT2D eigenvalue weighted by molar-refractivity contribution is 5.98. The molecule has 0 aliphatic rings. The molecule has 0 saturated heterocycles. The Morgan fingerprint density at radius 1 is 1.05 bits per heavy atom. The van der Waals surface area contributed by atoms with E-state index in [9.17, 15) is 35.9 Å². The highest BCUT2D eigenvalue weighted by Crippen LogP contribution is 2.36. The summed E-state index contributed by atoms with van der Waals surface area (Å²) in [7, 11) is 0. The van der Waals surface area contributed by atoms with Crippen LogP contribution in [0.15, 0.2) is 0 Å². The first-order valence-electron chi connectivity index (χ1n) is 4.77. The van der Waals surface area contributed by atoms with Crippen molar-refractivity contribution in [3.05, 3.63) is 0 Å². The Hall–Kier alpha value is -1.28. The summed E-state index contributed by atoms with van der Waals surface area (Å²) in [5.74, 6) is -4.31. The van der Waals surface area contributed by atoms with E-state index >= 15 is 0 Å². The monoisotopic (exact) mass is 296 g/mol. The fourth-order valence-corrected chi connectivity index (χ4v) is 0.975. The van der Waals surface area contributed by atoms with Gasteiger partial charge in [-0.25, -0.2) is 0 Å². The maximum absolute atomic E-state index is 12.0. The SMILES string of the molecule is C.CCC(=O)C(C)C(=O)OC(C(F)(F)F)C(F)(F)F. The van der Waals surface area contributed by atoms with Gasteiger partial charge in [-0.1, -0.05) is 14.4 Å². The topological polar surface area (TPSA) is 43.4 Å². The number of esters is 1. The fraction of sp³-hybridized carbons (Fsp3) is 0.800. The van der Waals surface area contributed by atoms with Crippen molar-refractivity contribution < 1.29 is 40.7 Å². The smallest absolute Gasteiger partial charge is 0.434 e. The molecule has 0 aromatic carbocycles. The number of rotatable bonds is 4. The third-order valence-electron chi connectivity index (χ3n) is 2.01. The molecule has 0 radical (unpaired) electrons. The Morgan fingerprint density at radius 2 is 1.42 bits per heavy atom. The van der Waals surface area contributed by atoms with E-state index in [1.54, 1.807) is 0 Å². The molecule has 0 N–H and O–H groups in total. The predicted octanol–water partition coefficient (Wildman–Crippen LogP) is 3.27. The van der Waals surface area contributed by atoms with E-state index in [1.807, 2.05) is 0 Å². The van der Waals surface area contributed by atoms with Crippen LogP contribution in [0.3, 0.4) is 0 Å². The second-order valence-corrected chi connectivity index (χ2v) is 3.44. The summed E-state index contributed by atoms with van der Waals surface area (Å²) in [4.78, 5) is 22.0. The van der Waals surface area contributed by atoms with E-state index in [0.29, 0.717) is 0 Å². The van der Waals surface area contributed by atoms with Crippen molar-refractivity contribution in [1.29, 1.82) is 0 Å². The van der Waals surface area contributed by atoms with Gasteiger partial charge in [0.1, 0.15) is 11.7 Å². The maximum Gasteiger partial charge on any atom is 0.434 e. The van der Waals surface area contributed by atoms with E-state index in [2.05, 4.69) is 4.74 Å². The van der Waals surface area contributed by atoms with Crippen molar-refractivity contribution in [1.82, 2.24) is 0 Å². The quantitative estimate of drug-likeness (QED) is 0.454. The molecule has 19 heavy (non-hydrogen) atoms. The van der Waals surface area contributed by atoms with Crippen molar-refractivity contribution in [2.75, 3.05) is 0 Å². The maximum atomic E-state index is 12.0. The Kier molecular flexibility index (Phi) is 7.13. The van der Waals surface area contributed by atoms with Gasteiger partial charge in [-0.3, -0.25) is 9.59 Å². The number of alkyl halides is 6. The summed E-state index contributed by atoms with van der Waals surface area (Å²) < 4.78 is 75.6. The average molecular weight is 296 g/mol. The molecule has 0 amide bonds. The minimum absolute atomic E-state index is 0. The number of carbonyl (C=O) groups is 2. The summed E-state index contributed by atoms with van der Waals surface area (Å²) in [6.45, 7) is 2.20. The molecule has 0 aromatic heterocycles. The molecular formula is C10H14F6O3. The lowest BCUT2D eigenvalue weighted by atomic mass is 10.1. The Labute approximate surface area is 105 Å². The molecule has 0 spiro atoms. The van der Waals surface area contributed by atoms with Crippen molar-refractivity contribution >= 4 is 11.8 Å². The summed E-state index contributed by atoms with van der Waals surface area (Å²) in [5, 5.41) is 0. The summed E-state index contributed by atoms with van der Waals surface area (Å²) in [6.07, 6.45) is -16.0. The highest BCUT2D eigenvalue weighted by Gasteiger charge is 2.60. The molecular weight excluding hydrogens is 282 g/mol. The molecule has 0 aliphatic heterocycles. The molecule has 0 aliphatic carbocycles. The van der Waals surface area contributed by atoms with Gasteiger partial charge in [0.15, 0.2) is 0 Å². The van der Waals surface area contributed by atoms with Crippen LogP contribution in [0, 0.1) is 5.92 Å². The predicted molar refractivity (Wildman–Crippen MR) is 53.2 cm³/mol. The van der Waals surface area contributed by atoms with Crippen LogP contribution >= 0.6 is 0 Å². The molecule has 1 atom stereocenters. The molecule has 0 saturated carbocycles. The van der Waals surface area contributed by atoms with Gasteiger partial charge in [0.25, 0.3) is 6.10 Å². The molecule has 114 valence electrons. The fourth-order valence-electron chi connectivity index (χ4n) is 0.975. The molecule has 0 rings (SSSR count). The number of ketones is 1. The van der Waals surface area contributed by atoms with Crippen LogP contribution in [0.1, 0.15) is 27.7 Å². The van der Waals surface area contributed by atoms with Crippen LogP contribution in [0.5, 0.6) is 0 Å². The lowest BCUT2D eigenvalue weighted by Gasteiger charge is -2.23. The number of ether oxygens (including phenoxy) is 1. The van der Waals surface area contributed by atoms with Gasteiger partial charge >= 0.3 is 18.3 Å². The van der Waals surface area contributed by atoms with Gasteiger partial charge in [0.2, 0.25) is 0 Å². The Bertz CT molecular complexity index is 306. The highest BCUT2D eigenvalue weighted by atomic mass is 19.4. The lowest BCUT2D eigenvalue weighted by molar-refractivity contribution is -0.314. The van der Waals surface area contributed by atoms with Gasteiger partial charge in [-0.15, -0.1) is 0 Å². The first-order valence-corrected chi connectivity index (χ1v) is 4.77. The van der Waals surface area contributed by atoms with Crippen LogP contribution in [-0.2, 0) is 14.3 Å². The Balaban J connectivity index is 0. The van der Waals surface area contributed by atoms with E-state index in [0.717, 1.165) is 6.92 Å². The van der Waals surface area contributed by atoms with Gasteiger partial charge in [0, 0.05) is 6.42 Å². The number of halogens is 6. The van der Waals surface area contributed by atoms with Crippen molar-refractivity contribution in [2.45, 2.75) is 46.2 Å². The number of carbonyl (C=O) groups excluding carboxylic acids is 2. The summed E-state index contributed by atoms with van der Waals surface area (Å²) in [5.41, 5.74) is 0. The minimum Gasteiger partial charge on any atom is -0.442 e. The second kappa shape index (κ2) is 6.76. The van der Waals surface area contributed by atoms with Crippen molar-refractivity contribution in [3.8, 4) is 0 Å². The normalized spacial score (nSPS) is 13.7. The number of Topliss-reactive ketones (excluding diaryl/α,β-unsaturated/α-hetero) is 1. The van der Waals surface area contributed by atoms with Crippen LogP contribution in [0.25, 0.3) is 0 Å². The van der Waals surface area contributed by atoms with E-state index in [4.69, 9.17) is 0 Å². The third kappa shape index (κ3) is 5.93. The van der Waals surface area contributed by atoms with Crippen LogP contribution in [0.4, 0.5) is 26.3 Å². The minimum atomic E-state index is -5.77. The standard InChI is InChI=1S/C9H10F6O3.CH4/c1-3-5(16)4(2)6(17)18-7(8(10,11)12)9(13,14)15;/h4,7H,3H2,1-2H3;1H4. The number of hydrogen-bond donors (Lipinski definition) is 0. The number of hydrogen-bond acceptors (Lipinski definition) is 3. The zero-order valence-electron chi connectivity index (χ0n) is 9.35. The molecule has 1 unspecified atom stereocenters. The van der Waals surface area contributed by atoms with E-state index < -0.39 is 36.1 Å². The molecule has 0 heterocycles. The molecule has 9 heteroatoms. The van der Waals surface area contributed by atoms with Gasteiger partial charge < -0.3 is 4.74 Å². The van der Waals surface area contributed by atoms with Crippen molar-refractivity contribution in [3.63, 3.8) is 0 Å². The lowest BCUT2D eigenvalue weighted by Crippen LogP contribution is -2.46. The van der Waals surface area contributed by atoms with Gasteiger partial charge in [-0.05, 0) is 6.92 Å².